The lowest BCUT2D eigenvalue weighted by molar-refractivity contribution is -0.337. The molecule has 51 heavy (non-hydrogen) atoms. The molecule has 2 aromatic rings. The van der Waals surface area contributed by atoms with Crippen LogP contribution in [0.25, 0.3) is 0 Å². The zero-order valence-corrected chi connectivity index (χ0v) is 33.3. The molecule has 0 saturated carbocycles. The molecule has 2 fully saturated rings. The average molecular weight is 709 g/mol. The van der Waals surface area contributed by atoms with E-state index in [4.69, 9.17) is 28.4 Å². The monoisotopic (exact) mass is 708 g/mol. The van der Waals surface area contributed by atoms with Gasteiger partial charge >= 0.3 is 0 Å². The van der Waals surface area contributed by atoms with Gasteiger partial charge in [0.1, 0.15) is 11.5 Å². The zero-order chi connectivity index (χ0) is 37.8. The number of allylic oxidation sites excluding steroid dienone is 2. The summed E-state index contributed by atoms with van der Waals surface area (Å²) in [4.78, 5) is 0. The summed E-state index contributed by atoms with van der Waals surface area (Å²) in [7, 11) is 0. The van der Waals surface area contributed by atoms with E-state index < -0.39 is 12.6 Å². The van der Waals surface area contributed by atoms with Crippen LogP contribution in [0.3, 0.4) is 0 Å². The molecule has 284 valence electrons. The Balaban J connectivity index is 1.19. The van der Waals surface area contributed by atoms with Gasteiger partial charge in [0.05, 0.1) is 57.6 Å². The van der Waals surface area contributed by atoms with Crippen molar-refractivity contribution in [3.05, 3.63) is 82.3 Å². The third-order valence-corrected chi connectivity index (χ3v) is 9.78. The van der Waals surface area contributed by atoms with Crippen molar-refractivity contribution in [1.29, 1.82) is 0 Å². The highest BCUT2D eigenvalue weighted by atomic mass is 16.7. The molecule has 2 aliphatic rings. The van der Waals surface area contributed by atoms with Crippen LogP contribution in [0, 0.1) is 30.1 Å². The topological polar surface area (TPSA) is 95.8 Å². The summed E-state index contributed by atoms with van der Waals surface area (Å²) in [6.45, 7) is 27.7. The summed E-state index contributed by atoms with van der Waals surface area (Å²) in [6, 6.07) is 8.20. The van der Waals surface area contributed by atoms with Crippen LogP contribution in [0.4, 0.5) is 0 Å². The third kappa shape index (κ3) is 10.5. The number of rotatable bonds is 12. The molecule has 1 spiro atoms. The molecule has 0 amide bonds. The van der Waals surface area contributed by atoms with Crippen LogP contribution in [0.15, 0.2) is 48.9 Å². The van der Waals surface area contributed by atoms with Gasteiger partial charge < -0.3 is 38.6 Å². The average Bonchev–Trinajstić information content (AvgIpc) is 3.03. The van der Waals surface area contributed by atoms with E-state index in [0.717, 1.165) is 33.4 Å². The van der Waals surface area contributed by atoms with Crippen LogP contribution in [0.5, 0.6) is 11.5 Å². The number of phenols is 2. The van der Waals surface area contributed by atoms with Crippen LogP contribution in [-0.2, 0) is 52.1 Å². The Hall–Kier alpha value is -3.04. The summed E-state index contributed by atoms with van der Waals surface area (Å²) in [5.41, 5.74) is 4.58. The summed E-state index contributed by atoms with van der Waals surface area (Å²) in [5.74, 6) is 0.750. The van der Waals surface area contributed by atoms with Crippen molar-refractivity contribution in [2.45, 2.75) is 119 Å². The first-order valence-corrected chi connectivity index (χ1v) is 18.3. The van der Waals surface area contributed by atoms with Gasteiger partial charge in [-0.3, -0.25) is 0 Å². The molecule has 2 aliphatic heterocycles. The van der Waals surface area contributed by atoms with Crippen molar-refractivity contribution in [3.8, 4) is 11.5 Å². The van der Waals surface area contributed by atoms with E-state index in [2.05, 4.69) is 81.4 Å². The number of ether oxygens (including phenoxy) is 6. The van der Waals surface area contributed by atoms with Gasteiger partial charge in [0.15, 0.2) is 12.6 Å². The van der Waals surface area contributed by atoms with E-state index in [-0.39, 0.29) is 27.1 Å². The molecule has 4 rings (SSSR count). The van der Waals surface area contributed by atoms with Gasteiger partial charge in [-0.05, 0) is 83.1 Å². The Labute approximate surface area is 307 Å². The van der Waals surface area contributed by atoms with E-state index >= 15 is 0 Å². The van der Waals surface area contributed by atoms with E-state index in [0.29, 0.717) is 64.0 Å². The summed E-state index contributed by atoms with van der Waals surface area (Å²) in [6.07, 6.45) is 8.09. The fourth-order valence-corrected chi connectivity index (χ4v) is 6.51. The largest absolute Gasteiger partial charge is 0.507 e. The SMILES string of the molecule is Cc1cc(CC=COCC(C)(C)C2OCC3(CO2)COC(C(C)(C)COC=CCc2cc(C)c(O)c(C(C)(C)C)c2)OC3)cc(C(C)(C)C)c1O. The second kappa shape index (κ2) is 15.9. The first-order chi connectivity index (χ1) is 23.6. The van der Waals surface area contributed by atoms with Crippen LogP contribution >= 0.6 is 0 Å². The van der Waals surface area contributed by atoms with Crippen LogP contribution in [-0.4, -0.2) is 62.4 Å². The molecule has 2 heterocycles. The van der Waals surface area contributed by atoms with E-state index in [1.54, 1.807) is 12.5 Å². The molecule has 2 aromatic carbocycles. The Morgan fingerprint density at radius 3 is 1.25 bits per heavy atom. The molecular weight excluding hydrogens is 644 g/mol. The molecule has 8 heteroatoms. The number of aryl methyl sites for hydroxylation is 2. The lowest BCUT2D eigenvalue weighted by Crippen LogP contribution is -2.57. The van der Waals surface area contributed by atoms with Crippen molar-refractivity contribution >= 4 is 0 Å². The number of hydrogen-bond acceptors (Lipinski definition) is 8. The summed E-state index contributed by atoms with van der Waals surface area (Å²) in [5, 5.41) is 21.0. The van der Waals surface area contributed by atoms with Crippen LogP contribution < -0.4 is 0 Å². The molecule has 2 N–H and O–H groups in total. The predicted molar refractivity (Wildman–Crippen MR) is 202 cm³/mol. The quantitative estimate of drug-likeness (QED) is 0.211. The minimum atomic E-state index is -0.412. The highest BCUT2D eigenvalue weighted by Gasteiger charge is 2.48. The maximum absolute atomic E-state index is 10.5. The van der Waals surface area contributed by atoms with Crippen LogP contribution in [0.1, 0.15) is 103 Å². The summed E-state index contributed by atoms with van der Waals surface area (Å²) >= 11 is 0. The van der Waals surface area contributed by atoms with Gasteiger partial charge in [-0.25, -0.2) is 0 Å². The second-order valence-electron chi connectivity index (χ2n) is 18.3. The Morgan fingerprint density at radius 2 is 0.941 bits per heavy atom. The molecule has 8 nitrogen and oxygen atoms in total. The first kappa shape index (κ1) is 40.7. The van der Waals surface area contributed by atoms with Crippen molar-refractivity contribution in [2.75, 3.05) is 39.6 Å². The maximum Gasteiger partial charge on any atom is 0.165 e. The summed E-state index contributed by atoms with van der Waals surface area (Å²) < 4.78 is 36.9. The molecule has 0 radical (unpaired) electrons. The lowest BCUT2D eigenvalue weighted by atomic mass is 9.84. The zero-order valence-electron chi connectivity index (χ0n) is 33.3. The van der Waals surface area contributed by atoms with Gasteiger partial charge in [0.25, 0.3) is 0 Å². The molecule has 0 aliphatic carbocycles. The molecule has 0 atom stereocenters. The highest BCUT2D eigenvalue weighted by Crippen LogP contribution is 2.39. The van der Waals surface area contributed by atoms with E-state index in [9.17, 15) is 10.2 Å². The van der Waals surface area contributed by atoms with Gasteiger partial charge in [-0.1, -0.05) is 93.5 Å². The minimum Gasteiger partial charge on any atom is -0.507 e. The highest BCUT2D eigenvalue weighted by molar-refractivity contribution is 5.47. The lowest BCUT2D eigenvalue weighted by Gasteiger charge is -2.48. The predicted octanol–water partition coefficient (Wildman–Crippen LogP) is 8.94. The maximum atomic E-state index is 10.5. The van der Waals surface area contributed by atoms with Gasteiger partial charge in [-0.15, -0.1) is 0 Å². The number of benzene rings is 2. The fourth-order valence-electron chi connectivity index (χ4n) is 6.51. The fraction of sp³-hybridized carbons (Fsp3) is 0.628. The van der Waals surface area contributed by atoms with Crippen LogP contribution in [0.2, 0.25) is 0 Å². The van der Waals surface area contributed by atoms with Gasteiger partial charge in [0.2, 0.25) is 0 Å². The molecule has 2 saturated heterocycles. The number of hydrogen-bond donors (Lipinski definition) is 2. The number of phenolic OH excluding ortho intramolecular Hbond substituents is 2. The Morgan fingerprint density at radius 1 is 0.608 bits per heavy atom. The normalized spacial score (nSPS) is 22.3. The minimum absolute atomic E-state index is 0.136. The van der Waals surface area contributed by atoms with Crippen molar-refractivity contribution in [3.63, 3.8) is 0 Å². The standard InChI is InChI=1S/C43H64O8/c1-29-19-31(21-33(35(29)44)39(3,4)5)15-13-17-46-23-41(9,10)37-48-25-43(26-49-37)27-50-38(51-28-43)42(11,12)24-47-18-14-16-32-20-30(2)36(45)34(22-32)40(6,7)8/h13-14,17-22,37-38,44-45H,15-16,23-28H2,1-12H3. The van der Waals surface area contributed by atoms with Crippen molar-refractivity contribution < 1.29 is 38.6 Å². The Bertz CT molecular complexity index is 1400. The van der Waals surface area contributed by atoms with E-state index in [1.165, 1.54) is 0 Å². The molecule has 0 unspecified atom stereocenters. The molecular formula is C43H64O8. The first-order valence-electron chi connectivity index (χ1n) is 18.3. The van der Waals surface area contributed by atoms with Gasteiger partial charge in [0, 0.05) is 10.8 Å². The number of aromatic hydroxyl groups is 2. The Kier molecular flexibility index (Phi) is 12.7. The van der Waals surface area contributed by atoms with E-state index in [1.807, 2.05) is 38.1 Å². The van der Waals surface area contributed by atoms with Crippen molar-refractivity contribution in [1.82, 2.24) is 0 Å². The third-order valence-electron chi connectivity index (χ3n) is 9.78. The molecule has 0 aromatic heterocycles. The molecule has 0 bridgehead atoms. The smallest absolute Gasteiger partial charge is 0.165 e. The van der Waals surface area contributed by atoms with Gasteiger partial charge in [-0.2, -0.15) is 0 Å². The van der Waals surface area contributed by atoms with Crippen molar-refractivity contribution in [2.24, 2.45) is 16.2 Å². The second-order valence-corrected chi connectivity index (χ2v) is 18.3.